The monoisotopic (exact) mass is 489 g/mol. The Hall–Kier alpha value is -2.41. The van der Waals surface area contributed by atoms with Crippen molar-refractivity contribution in [3.8, 4) is 0 Å². The number of carbonyl (C=O) groups excluding carboxylic acids is 1. The van der Waals surface area contributed by atoms with Gasteiger partial charge in [0.15, 0.2) is 0 Å². The summed E-state index contributed by atoms with van der Waals surface area (Å²) < 4.78 is 13.2. The van der Waals surface area contributed by atoms with Crippen molar-refractivity contribution in [2.45, 2.75) is 61.1 Å². The quantitative estimate of drug-likeness (QED) is 0.367. The minimum atomic E-state index is -2.71. The zero-order valence-electron chi connectivity index (χ0n) is 19.9. The number of ether oxygens (including phenoxy) is 1. The summed E-state index contributed by atoms with van der Waals surface area (Å²) in [5.41, 5.74) is 0. The van der Waals surface area contributed by atoms with E-state index in [4.69, 9.17) is 9.16 Å². The molecule has 1 aliphatic carbocycles. The smallest absolute Gasteiger partial charge is 0.306 e. The Morgan fingerprint density at radius 3 is 2.12 bits per heavy atom. The van der Waals surface area contributed by atoms with Gasteiger partial charge in [-0.05, 0) is 27.5 Å². The van der Waals surface area contributed by atoms with Crippen LogP contribution in [0.25, 0.3) is 0 Å². The van der Waals surface area contributed by atoms with E-state index < -0.39 is 8.32 Å². The van der Waals surface area contributed by atoms with Gasteiger partial charge < -0.3 is 9.16 Å². The number of thioether (sulfide) groups is 1. The highest BCUT2D eigenvalue weighted by atomic mass is 32.2. The van der Waals surface area contributed by atoms with Gasteiger partial charge >= 0.3 is 5.97 Å². The lowest BCUT2D eigenvalue weighted by atomic mass is 10.0. The Bertz CT molecular complexity index is 1080. The van der Waals surface area contributed by atoms with Gasteiger partial charge in [-0.3, -0.25) is 4.79 Å². The maximum Gasteiger partial charge on any atom is 0.306 e. The first kappa shape index (κ1) is 23.3. The van der Waals surface area contributed by atoms with Gasteiger partial charge in [-0.15, -0.1) is 0 Å². The van der Waals surface area contributed by atoms with Crippen LogP contribution in [0.2, 0.25) is 5.04 Å². The van der Waals surface area contributed by atoms with Gasteiger partial charge in [0.1, 0.15) is 6.10 Å². The summed E-state index contributed by atoms with van der Waals surface area (Å²) >= 11 is 1.73. The molecule has 2 heterocycles. The standard InChI is InChI=1S/C28H31NO3SSi/c1-28(2,3)34(20-12-6-4-7-13-20,21-14-8-5-9-15-21)32-24-19-23-22(18-26(30)31-23)27(24)33-25-16-10-11-17-29-25/h4-17,22-24,27H,18-19H2,1-3H3/t22-,23-,24+,27+/m0/s1. The molecule has 1 aliphatic heterocycles. The average Bonchev–Trinajstić information content (AvgIpc) is 3.34. The topological polar surface area (TPSA) is 48.4 Å². The molecule has 2 fully saturated rings. The molecular formula is C28H31NO3SSi. The van der Waals surface area contributed by atoms with Gasteiger partial charge in [0.25, 0.3) is 8.32 Å². The summed E-state index contributed by atoms with van der Waals surface area (Å²) in [7, 11) is -2.71. The summed E-state index contributed by atoms with van der Waals surface area (Å²) in [5.74, 6) is 0.0493. The summed E-state index contributed by atoms with van der Waals surface area (Å²) in [4.78, 5) is 16.7. The van der Waals surface area contributed by atoms with Crippen molar-refractivity contribution in [3.63, 3.8) is 0 Å². The lowest BCUT2D eigenvalue weighted by Gasteiger charge is -2.45. The van der Waals surface area contributed by atoms with Crippen molar-refractivity contribution < 1.29 is 14.0 Å². The number of hydrogen-bond acceptors (Lipinski definition) is 5. The molecule has 0 amide bonds. The van der Waals surface area contributed by atoms with E-state index in [1.54, 1.807) is 11.8 Å². The van der Waals surface area contributed by atoms with Crippen molar-refractivity contribution in [2.24, 2.45) is 5.92 Å². The summed E-state index contributed by atoms with van der Waals surface area (Å²) in [6.07, 6.45) is 2.88. The number of nitrogens with zero attached hydrogens (tertiary/aromatic N) is 1. The largest absolute Gasteiger partial charge is 0.462 e. The van der Waals surface area contributed by atoms with Crippen molar-refractivity contribution >= 4 is 36.4 Å². The number of carbonyl (C=O) groups is 1. The molecule has 176 valence electrons. The Kier molecular flexibility index (Phi) is 6.40. The van der Waals surface area contributed by atoms with Crippen LogP contribution in [0.5, 0.6) is 0 Å². The fraction of sp³-hybridized carbons (Fsp3) is 0.357. The van der Waals surface area contributed by atoms with E-state index in [-0.39, 0.29) is 34.4 Å². The van der Waals surface area contributed by atoms with Crippen LogP contribution in [0, 0.1) is 5.92 Å². The number of aromatic nitrogens is 1. The minimum Gasteiger partial charge on any atom is -0.462 e. The Balaban J connectivity index is 1.59. The molecule has 3 aromatic rings. The molecule has 5 rings (SSSR count). The van der Waals surface area contributed by atoms with Crippen LogP contribution in [0.1, 0.15) is 33.6 Å². The fourth-order valence-corrected chi connectivity index (χ4v) is 11.7. The van der Waals surface area contributed by atoms with E-state index in [0.717, 1.165) is 11.4 Å². The molecule has 4 nitrogen and oxygen atoms in total. The number of benzene rings is 2. The molecule has 34 heavy (non-hydrogen) atoms. The van der Waals surface area contributed by atoms with Gasteiger partial charge in [-0.2, -0.15) is 0 Å². The fourth-order valence-electron chi connectivity index (χ4n) is 5.57. The number of hydrogen-bond donors (Lipinski definition) is 0. The van der Waals surface area contributed by atoms with Gasteiger partial charge in [0.05, 0.1) is 17.6 Å². The van der Waals surface area contributed by atoms with E-state index in [2.05, 4.69) is 86.4 Å². The predicted octanol–water partition coefficient (Wildman–Crippen LogP) is 4.82. The molecule has 1 saturated carbocycles. The second kappa shape index (κ2) is 9.32. The molecular weight excluding hydrogens is 458 g/mol. The van der Waals surface area contributed by atoms with Crippen molar-refractivity contribution in [1.29, 1.82) is 0 Å². The van der Waals surface area contributed by atoms with Gasteiger partial charge in [0.2, 0.25) is 0 Å². The van der Waals surface area contributed by atoms with Crippen LogP contribution in [-0.4, -0.2) is 36.7 Å². The highest BCUT2D eigenvalue weighted by molar-refractivity contribution is 8.00. The second-order valence-electron chi connectivity index (χ2n) is 10.2. The first-order valence-electron chi connectivity index (χ1n) is 11.9. The van der Waals surface area contributed by atoms with E-state index >= 15 is 0 Å². The van der Waals surface area contributed by atoms with Crippen molar-refractivity contribution in [2.75, 3.05) is 0 Å². The van der Waals surface area contributed by atoms with E-state index in [9.17, 15) is 4.79 Å². The van der Waals surface area contributed by atoms with Gasteiger partial charge in [-0.1, -0.05) is 99.3 Å². The average molecular weight is 490 g/mol. The van der Waals surface area contributed by atoms with Gasteiger partial charge in [0, 0.05) is 23.8 Å². The normalized spacial score (nSPS) is 24.6. The molecule has 0 unspecified atom stereocenters. The summed E-state index contributed by atoms with van der Waals surface area (Å²) in [5, 5.41) is 3.50. The summed E-state index contributed by atoms with van der Waals surface area (Å²) in [6, 6.07) is 27.4. The maximum absolute atomic E-state index is 12.2. The number of esters is 1. The zero-order chi connectivity index (χ0) is 23.8. The Morgan fingerprint density at radius 1 is 0.941 bits per heavy atom. The lowest BCUT2D eigenvalue weighted by Crippen LogP contribution is -2.68. The predicted molar refractivity (Wildman–Crippen MR) is 139 cm³/mol. The Morgan fingerprint density at radius 2 is 1.56 bits per heavy atom. The first-order chi connectivity index (χ1) is 16.4. The van der Waals surface area contributed by atoms with Crippen LogP contribution >= 0.6 is 11.8 Å². The lowest BCUT2D eigenvalue weighted by molar-refractivity contribution is -0.141. The Labute approximate surface area is 207 Å². The molecule has 2 aliphatic rings. The number of fused-ring (bicyclic) bond motifs is 1. The highest BCUT2D eigenvalue weighted by Gasteiger charge is 2.57. The molecule has 0 spiro atoms. The summed E-state index contributed by atoms with van der Waals surface area (Å²) in [6.45, 7) is 6.90. The molecule has 2 aromatic carbocycles. The van der Waals surface area contributed by atoms with E-state index in [1.807, 2.05) is 24.4 Å². The molecule has 0 radical (unpaired) electrons. The second-order valence-corrected chi connectivity index (χ2v) is 15.7. The van der Waals surface area contributed by atoms with Crippen molar-refractivity contribution in [1.82, 2.24) is 4.98 Å². The van der Waals surface area contributed by atoms with Crippen LogP contribution in [0.4, 0.5) is 0 Å². The molecule has 0 bridgehead atoms. The molecule has 0 N–H and O–H groups in total. The third-order valence-corrected chi connectivity index (χ3v) is 13.5. The van der Waals surface area contributed by atoms with Crippen LogP contribution in [-0.2, 0) is 14.0 Å². The van der Waals surface area contributed by atoms with Crippen LogP contribution in [0.15, 0.2) is 90.1 Å². The van der Waals surface area contributed by atoms with E-state index in [0.29, 0.717) is 6.42 Å². The number of pyridine rings is 1. The van der Waals surface area contributed by atoms with Crippen molar-refractivity contribution in [3.05, 3.63) is 85.1 Å². The first-order valence-corrected chi connectivity index (χ1v) is 14.7. The minimum absolute atomic E-state index is 0.0404. The molecule has 6 heteroatoms. The SMILES string of the molecule is CC(C)(C)[Si](O[C@@H]1C[C@@H]2OC(=O)C[C@@H]2[C@H]1Sc1ccccn1)(c1ccccc1)c1ccccc1. The van der Waals surface area contributed by atoms with Crippen LogP contribution in [0.3, 0.4) is 0 Å². The molecule has 1 saturated heterocycles. The molecule has 4 atom stereocenters. The maximum atomic E-state index is 12.2. The third-order valence-electron chi connectivity index (χ3n) is 7.06. The third kappa shape index (κ3) is 4.23. The molecule has 1 aromatic heterocycles. The van der Waals surface area contributed by atoms with Gasteiger partial charge in [-0.25, -0.2) is 4.98 Å². The number of rotatable bonds is 6. The van der Waals surface area contributed by atoms with E-state index in [1.165, 1.54) is 10.4 Å². The highest BCUT2D eigenvalue weighted by Crippen LogP contribution is 2.49. The van der Waals surface area contributed by atoms with Crippen LogP contribution < -0.4 is 10.4 Å². The zero-order valence-corrected chi connectivity index (χ0v) is 21.7.